The molecular weight excluding hydrogens is 124 g/mol. The number of Topliss-reactive ketones (excluding diaryl/α,β-unsaturated/α-hetero) is 1. The molecule has 0 radical (unpaired) electrons. The number of ketones is 1. The zero-order valence-electron chi connectivity index (χ0n) is 6.89. The summed E-state index contributed by atoms with van der Waals surface area (Å²) in [5.74, 6) is 1.45. The number of hydrogen-bond acceptors (Lipinski definition) is 1. The Morgan fingerprint density at radius 1 is 1.30 bits per heavy atom. The molecule has 10 heavy (non-hydrogen) atoms. The average Bonchev–Trinajstić information content (AvgIpc) is 1.96. The van der Waals surface area contributed by atoms with Gasteiger partial charge in [0.25, 0.3) is 0 Å². The predicted molar refractivity (Wildman–Crippen MR) is 41.8 cm³/mol. The molecule has 0 aliphatic heterocycles. The van der Waals surface area contributed by atoms with Crippen LogP contribution >= 0.6 is 0 Å². The highest BCUT2D eigenvalue weighted by atomic mass is 16.1. The van der Waals surface area contributed by atoms with Crippen LogP contribution in [0.1, 0.15) is 39.5 Å². The van der Waals surface area contributed by atoms with Crippen LogP contribution in [0.15, 0.2) is 0 Å². The van der Waals surface area contributed by atoms with E-state index in [1.807, 2.05) is 0 Å². The van der Waals surface area contributed by atoms with Gasteiger partial charge in [-0.2, -0.15) is 0 Å². The molecule has 1 aliphatic carbocycles. The predicted octanol–water partition coefficient (Wildman–Crippen LogP) is 2.40. The lowest BCUT2D eigenvalue weighted by molar-refractivity contribution is -0.122. The number of hydrogen-bond donors (Lipinski definition) is 0. The van der Waals surface area contributed by atoms with E-state index < -0.39 is 0 Å². The third-order valence-corrected chi connectivity index (χ3v) is 2.43. The Morgan fingerprint density at radius 3 is 2.70 bits per heavy atom. The summed E-state index contributed by atoms with van der Waals surface area (Å²) in [7, 11) is 0. The van der Waals surface area contributed by atoms with Crippen molar-refractivity contribution in [3.63, 3.8) is 0 Å². The van der Waals surface area contributed by atoms with E-state index in [1.54, 1.807) is 0 Å². The summed E-state index contributed by atoms with van der Waals surface area (Å²) >= 11 is 0. The van der Waals surface area contributed by atoms with Crippen molar-refractivity contribution >= 4 is 5.78 Å². The average molecular weight is 140 g/mol. The minimum Gasteiger partial charge on any atom is -0.299 e. The molecule has 1 saturated carbocycles. The highest BCUT2D eigenvalue weighted by molar-refractivity contribution is 5.81. The van der Waals surface area contributed by atoms with Gasteiger partial charge >= 0.3 is 0 Å². The van der Waals surface area contributed by atoms with Gasteiger partial charge in [-0.1, -0.05) is 26.7 Å². The van der Waals surface area contributed by atoms with Crippen LogP contribution in [-0.4, -0.2) is 5.78 Å². The first-order valence-corrected chi connectivity index (χ1v) is 4.23. The zero-order valence-corrected chi connectivity index (χ0v) is 6.89. The van der Waals surface area contributed by atoms with Gasteiger partial charge in [-0.05, 0) is 12.3 Å². The highest BCUT2D eigenvalue weighted by Crippen LogP contribution is 2.23. The van der Waals surface area contributed by atoms with Crippen LogP contribution < -0.4 is 0 Å². The third kappa shape index (κ3) is 1.83. The second-order valence-corrected chi connectivity index (χ2v) is 3.61. The van der Waals surface area contributed by atoms with Crippen LogP contribution in [-0.2, 0) is 4.79 Å². The normalized spacial score (nSPS) is 35.6. The van der Waals surface area contributed by atoms with Gasteiger partial charge in [-0.15, -0.1) is 0 Å². The Kier molecular flexibility index (Phi) is 2.47. The van der Waals surface area contributed by atoms with Crippen LogP contribution in [0.3, 0.4) is 0 Å². The van der Waals surface area contributed by atoms with Crippen molar-refractivity contribution in [2.75, 3.05) is 0 Å². The molecule has 0 saturated heterocycles. The number of rotatable bonds is 0. The van der Waals surface area contributed by atoms with E-state index in [4.69, 9.17) is 0 Å². The largest absolute Gasteiger partial charge is 0.299 e. The lowest BCUT2D eigenvalue weighted by Gasteiger charge is -2.04. The van der Waals surface area contributed by atoms with E-state index >= 15 is 0 Å². The number of carbonyl (C=O) groups is 1. The summed E-state index contributed by atoms with van der Waals surface area (Å²) in [4.78, 5) is 11.2. The Labute approximate surface area is 62.8 Å². The molecule has 2 atom stereocenters. The van der Waals surface area contributed by atoms with Gasteiger partial charge in [0.1, 0.15) is 5.78 Å². The van der Waals surface area contributed by atoms with Crippen molar-refractivity contribution in [3.05, 3.63) is 0 Å². The summed E-state index contributed by atoms with van der Waals surface area (Å²) in [5, 5.41) is 0. The molecule has 0 aromatic heterocycles. The van der Waals surface area contributed by atoms with E-state index in [-0.39, 0.29) is 0 Å². The molecule has 0 bridgehead atoms. The standard InChI is InChI=1S/C9H16O/c1-7-4-3-5-8(2)9(10)6-7/h7-8H,3-6H2,1-2H3. The topological polar surface area (TPSA) is 17.1 Å². The van der Waals surface area contributed by atoms with Gasteiger partial charge in [-0.3, -0.25) is 4.79 Å². The zero-order chi connectivity index (χ0) is 7.56. The molecule has 0 N–H and O–H groups in total. The van der Waals surface area contributed by atoms with Crippen molar-refractivity contribution in [2.24, 2.45) is 11.8 Å². The fraction of sp³-hybridized carbons (Fsp3) is 0.889. The van der Waals surface area contributed by atoms with Crippen molar-refractivity contribution < 1.29 is 4.79 Å². The third-order valence-electron chi connectivity index (χ3n) is 2.43. The van der Waals surface area contributed by atoms with Crippen LogP contribution in [0, 0.1) is 11.8 Å². The van der Waals surface area contributed by atoms with Crippen LogP contribution in [0.2, 0.25) is 0 Å². The van der Waals surface area contributed by atoms with E-state index in [0.717, 1.165) is 12.8 Å². The minimum absolute atomic E-state index is 0.338. The van der Waals surface area contributed by atoms with Crippen molar-refractivity contribution in [1.29, 1.82) is 0 Å². The maximum absolute atomic E-state index is 11.2. The summed E-state index contributed by atoms with van der Waals surface area (Å²) < 4.78 is 0. The summed E-state index contributed by atoms with van der Waals surface area (Å²) in [6.45, 7) is 4.23. The Balaban J connectivity index is 2.49. The van der Waals surface area contributed by atoms with Crippen LogP contribution in [0.4, 0.5) is 0 Å². The molecule has 0 aromatic rings. The maximum Gasteiger partial charge on any atom is 0.135 e. The molecular formula is C9H16O. The molecule has 2 unspecified atom stereocenters. The van der Waals surface area contributed by atoms with Gasteiger partial charge in [0, 0.05) is 12.3 Å². The second kappa shape index (κ2) is 3.18. The Morgan fingerprint density at radius 2 is 2.00 bits per heavy atom. The highest BCUT2D eigenvalue weighted by Gasteiger charge is 2.19. The van der Waals surface area contributed by atoms with Crippen molar-refractivity contribution in [3.8, 4) is 0 Å². The molecule has 0 heterocycles. The monoisotopic (exact) mass is 140 g/mol. The van der Waals surface area contributed by atoms with Crippen molar-refractivity contribution in [1.82, 2.24) is 0 Å². The van der Waals surface area contributed by atoms with E-state index in [0.29, 0.717) is 17.6 Å². The molecule has 58 valence electrons. The van der Waals surface area contributed by atoms with Crippen LogP contribution in [0.25, 0.3) is 0 Å². The fourth-order valence-corrected chi connectivity index (χ4v) is 1.58. The lowest BCUT2D eigenvalue weighted by atomic mass is 9.99. The molecule has 1 aliphatic rings. The van der Waals surface area contributed by atoms with Crippen molar-refractivity contribution in [2.45, 2.75) is 39.5 Å². The first kappa shape index (κ1) is 7.77. The van der Waals surface area contributed by atoms with E-state index in [1.165, 1.54) is 12.8 Å². The molecule has 1 fully saturated rings. The second-order valence-electron chi connectivity index (χ2n) is 3.61. The van der Waals surface area contributed by atoms with Gasteiger partial charge in [0.15, 0.2) is 0 Å². The molecule has 1 nitrogen and oxygen atoms in total. The quantitative estimate of drug-likeness (QED) is 0.472. The van der Waals surface area contributed by atoms with Gasteiger partial charge < -0.3 is 0 Å². The van der Waals surface area contributed by atoms with Gasteiger partial charge in [0.05, 0.1) is 0 Å². The summed E-state index contributed by atoms with van der Waals surface area (Å²) in [6.07, 6.45) is 4.43. The molecule has 0 aromatic carbocycles. The smallest absolute Gasteiger partial charge is 0.135 e. The van der Waals surface area contributed by atoms with Crippen LogP contribution in [0.5, 0.6) is 0 Å². The number of carbonyl (C=O) groups excluding carboxylic acids is 1. The SMILES string of the molecule is CC1CCCC(C)C(=O)C1. The first-order valence-electron chi connectivity index (χ1n) is 4.23. The molecule has 0 spiro atoms. The summed E-state index contributed by atoms with van der Waals surface area (Å²) in [6, 6.07) is 0. The molecule has 0 amide bonds. The Bertz CT molecular complexity index is 129. The first-order chi connectivity index (χ1) is 4.70. The van der Waals surface area contributed by atoms with Gasteiger partial charge in [-0.25, -0.2) is 0 Å². The van der Waals surface area contributed by atoms with E-state index in [9.17, 15) is 4.79 Å². The lowest BCUT2D eigenvalue weighted by Crippen LogP contribution is -2.09. The molecule has 1 rings (SSSR count). The molecule has 1 heteroatoms. The van der Waals surface area contributed by atoms with E-state index in [2.05, 4.69) is 13.8 Å². The fourth-order valence-electron chi connectivity index (χ4n) is 1.58. The minimum atomic E-state index is 0.338. The van der Waals surface area contributed by atoms with Gasteiger partial charge in [0.2, 0.25) is 0 Å². The Hall–Kier alpha value is -0.330. The summed E-state index contributed by atoms with van der Waals surface area (Å²) in [5.41, 5.74) is 0. The maximum atomic E-state index is 11.2.